The molecule has 1 aliphatic heterocycles. The number of hydrogen-bond acceptors (Lipinski definition) is 7. The summed E-state index contributed by atoms with van der Waals surface area (Å²) in [7, 11) is 0. The number of benzene rings is 2. The lowest BCUT2D eigenvalue weighted by Gasteiger charge is -2.39. The normalized spacial score (nSPS) is 16.9. The Morgan fingerprint density at radius 2 is 1.79 bits per heavy atom. The molecule has 1 aromatic heterocycles. The van der Waals surface area contributed by atoms with Gasteiger partial charge in [0.15, 0.2) is 0 Å². The second-order valence-electron chi connectivity index (χ2n) is 8.50. The smallest absolute Gasteiger partial charge is 0.272 e. The number of aliphatic hydroxyl groups is 1. The van der Waals surface area contributed by atoms with Crippen LogP contribution in [0.2, 0.25) is 0 Å². The van der Waals surface area contributed by atoms with Crippen LogP contribution in [-0.2, 0) is 18.6 Å². The minimum Gasteiger partial charge on any atom is -0.382 e. The first kappa shape index (κ1) is 23.9. The lowest BCUT2D eigenvalue weighted by atomic mass is 9.92. The Balaban J connectivity index is 1.40. The van der Waals surface area contributed by atoms with Gasteiger partial charge in [0.25, 0.3) is 5.69 Å². The van der Waals surface area contributed by atoms with Crippen LogP contribution in [0.3, 0.4) is 0 Å². The fourth-order valence-electron chi connectivity index (χ4n) is 4.39. The number of para-hydroxylation sites is 1. The van der Waals surface area contributed by atoms with Crippen molar-refractivity contribution in [2.45, 2.75) is 18.6 Å². The van der Waals surface area contributed by atoms with Crippen molar-refractivity contribution in [2.75, 3.05) is 39.3 Å². The summed E-state index contributed by atoms with van der Waals surface area (Å²) in [4.78, 5) is 19.0. The molecular formula is C23H26F2N6O3. The SMILES string of the molecule is O=[N+]([O-])c1ccccc1CCN1CCN(CC(O)(Cn2cncn2)c2ccc(F)cc2F)CC1. The molecule has 2 heterocycles. The average molecular weight is 472 g/mol. The lowest BCUT2D eigenvalue weighted by Crippen LogP contribution is -2.52. The molecule has 1 unspecified atom stereocenters. The van der Waals surface area contributed by atoms with Crippen LogP contribution in [-0.4, -0.2) is 73.9 Å². The summed E-state index contributed by atoms with van der Waals surface area (Å²) in [5, 5.41) is 26.8. The van der Waals surface area contributed by atoms with Gasteiger partial charge in [0.05, 0.1) is 11.5 Å². The van der Waals surface area contributed by atoms with Gasteiger partial charge in [-0.1, -0.05) is 24.3 Å². The van der Waals surface area contributed by atoms with Gasteiger partial charge >= 0.3 is 0 Å². The van der Waals surface area contributed by atoms with E-state index in [9.17, 15) is 24.0 Å². The number of halogens is 2. The third-order valence-electron chi connectivity index (χ3n) is 6.16. The van der Waals surface area contributed by atoms with E-state index in [0.717, 1.165) is 12.1 Å². The molecule has 34 heavy (non-hydrogen) atoms. The van der Waals surface area contributed by atoms with Gasteiger partial charge in [-0.25, -0.2) is 18.4 Å². The number of β-amino-alcohol motifs (C(OH)–C–C–N with tert-alkyl or cyclic N) is 1. The molecule has 1 atom stereocenters. The van der Waals surface area contributed by atoms with Gasteiger partial charge in [-0.15, -0.1) is 0 Å². The first-order valence-corrected chi connectivity index (χ1v) is 11.0. The molecule has 1 saturated heterocycles. The van der Waals surface area contributed by atoms with Crippen molar-refractivity contribution >= 4 is 5.69 Å². The largest absolute Gasteiger partial charge is 0.382 e. The predicted molar refractivity (Wildman–Crippen MR) is 120 cm³/mol. The fourth-order valence-corrected chi connectivity index (χ4v) is 4.39. The van der Waals surface area contributed by atoms with Crippen molar-refractivity contribution in [2.24, 2.45) is 0 Å². The summed E-state index contributed by atoms with van der Waals surface area (Å²) in [6, 6.07) is 9.90. The van der Waals surface area contributed by atoms with Crippen LogP contribution in [0.1, 0.15) is 11.1 Å². The number of aromatic nitrogens is 3. The van der Waals surface area contributed by atoms with E-state index in [1.807, 2.05) is 4.90 Å². The molecule has 1 aliphatic rings. The third kappa shape index (κ3) is 5.61. The molecule has 3 aromatic rings. The summed E-state index contributed by atoms with van der Waals surface area (Å²) in [5.41, 5.74) is -0.814. The molecule has 1 fully saturated rings. The Morgan fingerprint density at radius 3 is 2.47 bits per heavy atom. The monoisotopic (exact) mass is 472 g/mol. The van der Waals surface area contributed by atoms with E-state index in [2.05, 4.69) is 15.0 Å². The number of nitro groups is 1. The molecule has 4 rings (SSSR count). The molecule has 2 aromatic carbocycles. The molecule has 0 saturated carbocycles. The second kappa shape index (κ2) is 10.3. The molecule has 9 nitrogen and oxygen atoms in total. The van der Waals surface area contributed by atoms with Crippen LogP contribution in [0, 0.1) is 21.7 Å². The second-order valence-corrected chi connectivity index (χ2v) is 8.50. The van der Waals surface area contributed by atoms with Crippen LogP contribution in [0.4, 0.5) is 14.5 Å². The Bertz CT molecular complexity index is 1120. The number of hydrogen-bond donors (Lipinski definition) is 1. The molecule has 0 spiro atoms. The maximum absolute atomic E-state index is 14.6. The number of piperazine rings is 1. The predicted octanol–water partition coefficient (Wildman–Crippen LogP) is 2.21. The van der Waals surface area contributed by atoms with Gasteiger partial charge in [-0.2, -0.15) is 5.10 Å². The Kier molecular flexibility index (Phi) is 7.25. The molecule has 0 amide bonds. The summed E-state index contributed by atoms with van der Waals surface area (Å²) in [6.07, 6.45) is 3.33. The standard InChI is InChI=1S/C23H26F2N6O3/c24-19-5-6-20(21(25)13-19)23(32,15-30-17-26-16-27-30)14-29-11-9-28(10-12-29)8-7-18-3-1-2-4-22(18)31(33)34/h1-6,13,16-17,32H,7-12,14-15H2. The molecule has 0 bridgehead atoms. The van der Waals surface area contributed by atoms with Crippen molar-refractivity contribution in [3.05, 3.63) is 88.0 Å². The number of nitrogens with zero attached hydrogens (tertiary/aromatic N) is 6. The van der Waals surface area contributed by atoms with Gasteiger partial charge in [-0.05, 0) is 12.5 Å². The van der Waals surface area contributed by atoms with E-state index in [1.165, 1.54) is 29.5 Å². The Labute approximate surface area is 195 Å². The van der Waals surface area contributed by atoms with Gasteiger partial charge in [-0.3, -0.25) is 15.0 Å². The molecule has 11 heteroatoms. The van der Waals surface area contributed by atoms with Gasteiger partial charge in [0.1, 0.15) is 29.9 Å². The van der Waals surface area contributed by atoms with Gasteiger partial charge in [0, 0.05) is 62.5 Å². The number of rotatable bonds is 9. The van der Waals surface area contributed by atoms with Crippen molar-refractivity contribution < 1.29 is 18.8 Å². The van der Waals surface area contributed by atoms with Crippen molar-refractivity contribution in [1.82, 2.24) is 24.6 Å². The molecule has 0 aliphatic carbocycles. The molecule has 180 valence electrons. The van der Waals surface area contributed by atoms with E-state index >= 15 is 0 Å². The summed E-state index contributed by atoms with van der Waals surface area (Å²) < 4.78 is 29.5. The quantitative estimate of drug-likeness (QED) is 0.376. The molecule has 0 radical (unpaired) electrons. The van der Waals surface area contributed by atoms with Crippen LogP contribution >= 0.6 is 0 Å². The highest BCUT2D eigenvalue weighted by Gasteiger charge is 2.36. The van der Waals surface area contributed by atoms with Crippen LogP contribution in [0.25, 0.3) is 0 Å². The van der Waals surface area contributed by atoms with Crippen LogP contribution in [0.15, 0.2) is 55.1 Å². The van der Waals surface area contributed by atoms with Gasteiger partial charge < -0.3 is 10.0 Å². The summed E-state index contributed by atoms with van der Waals surface area (Å²) >= 11 is 0. The number of nitro benzene ring substituents is 1. The maximum Gasteiger partial charge on any atom is 0.272 e. The van der Waals surface area contributed by atoms with E-state index in [1.54, 1.807) is 18.2 Å². The van der Waals surface area contributed by atoms with Gasteiger partial charge in [0.2, 0.25) is 0 Å². The van der Waals surface area contributed by atoms with Crippen molar-refractivity contribution in [1.29, 1.82) is 0 Å². The Morgan fingerprint density at radius 1 is 1.06 bits per heavy atom. The van der Waals surface area contributed by atoms with E-state index in [-0.39, 0.29) is 29.3 Å². The van der Waals surface area contributed by atoms with Crippen LogP contribution < -0.4 is 0 Å². The fraction of sp³-hybridized carbons (Fsp3) is 0.391. The zero-order valence-corrected chi connectivity index (χ0v) is 18.6. The highest BCUT2D eigenvalue weighted by molar-refractivity contribution is 5.39. The lowest BCUT2D eigenvalue weighted by molar-refractivity contribution is -0.385. The first-order chi connectivity index (χ1) is 16.3. The highest BCUT2D eigenvalue weighted by atomic mass is 19.1. The molecule has 1 N–H and O–H groups in total. The van der Waals surface area contributed by atoms with Crippen LogP contribution in [0.5, 0.6) is 0 Å². The Hall–Kier alpha value is -3.28. The van der Waals surface area contributed by atoms with E-state index < -0.39 is 17.2 Å². The van der Waals surface area contributed by atoms with E-state index in [4.69, 9.17) is 0 Å². The zero-order valence-electron chi connectivity index (χ0n) is 18.6. The molecular weight excluding hydrogens is 446 g/mol. The maximum atomic E-state index is 14.6. The zero-order chi connectivity index (χ0) is 24.1. The van der Waals surface area contributed by atoms with Crippen molar-refractivity contribution in [3.63, 3.8) is 0 Å². The highest BCUT2D eigenvalue weighted by Crippen LogP contribution is 2.28. The summed E-state index contributed by atoms with van der Waals surface area (Å²) in [6.45, 7) is 3.42. The third-order valence-corrected chi connectivity index (χ3v) is 6.16. The van der Waals surface area contributed by atoms with Crippen molar-refractivity contribution in [3.8, 4) is 0 Å². The topological polar surface area (TPSA) is 101 Å². The minimum absolute atomic E-state index is 0.00298. The average Bonchev–Trinajstić information content (AvgIpc) is 3.31. The first-order valence-electron chi connectivity index (χ1n) is 11.0. The van der Waals surface area contributed by atoms with E-state index in [0.29, 0.717) is 44.7 Å². The summed E-state index contributed by atoms with van der Waals surface area (Å²) in [5.74, 6) is -1.53. The minimum atomic E-state index is -1.64.